The second kappa shape index (κ2) is 9.40. The smallest absolute Gasteiger partial charge is 0.253 e. The molecule has 1 aliphatic rings. The van der Waals surface area contributed by atoms with E-state index in [0.29, 0.717) is 12.2 Å². The number of fused-ring (bicyclic) bond motifs is 1. The van der Waals surface area contributed by atoms with E-state index in [1.165, 1.54) is 12.8 Å². The van der Waals surface area contributed by atoms with Crippen LogP contribution in [0.1, 0.15) is 77.2 Å². The van der Waals surface area contributed by atoms with E-state index >= 15 is 0 Å². The van der Waals surface area contributed by atoms with Crippen molar-refractivity contribution in [2.75, 3.05) is 19.7 Å². The lowest BCUT2D eigenvalue weighted by Gasteiger charge is -2.32. The molecule has 8 heteroatoms. The highest BCUT2D eigenvalue weighted by Gasteiger charge is 2.34. The van der Waals surface area contributed by atoms with Crippen LogP contribution in [-0.2, 0) is 5.54 Å². The molecule has 0 radical (unpaired) electrons. The summed E-state index contributed by atoms with van der Waals surface area (Å²) in [6.07, 6.45) is 5.51. The molecule has 1 atom stereocenters. The molecule has 0 bridgehead atoms. The van der Waals surface area contributed by atoms with Crippen molar-refractivity contribution >= 4 is 10.9 Å². The largest absolute Gasteiger partial charge is 0.494 e. The molecule has 2 aromatic heterocycles. The monoisotopic (exact) mass is 438 g/mol. The zero-order valence-electron chi connectivity index (χ0n) is 19.6. The van der Waals surface area contributed by atoms with E-state index in [9.17, 15) is 4.79 Å². The molecule has 0 amide bonds. The molecule has 0 saturated carbocycles. The maximum Gasteiger partial charge on any atom is 0.253 e. The molecule has 1 aromatic carbocycles. The molecule has 4 rings (SSSR count). The predicted molar refractivity (Wildman–Crippen MR) is 125 cm³/mol. The van der Waals surface area contributed by atoms with E-state index < -0.39 is 0 Å². The number of rotatable bonds is 7. The summed E-state index contributed by atoms with van der Waals surface area (Å²) in [5.74, 6) is 1.52. The fourth-order valence-corrected chi connectivity index (χ4v) is 4.46. The van der Waals surface area contributed by atoms with Gasteiger partial charge in [-0.15, -0.1) is 5.10 Å². The van der Waals surface area contributed by atoms with Crippen LogP contribution >= 0.6 is 0 Å². The van der Waals surface area contributed by atoms with E-state index in [2.05, 4.69) is 46.2 Å². The van der Waals surface area contributed by atoms with Crippen LogP contribution in [0.5, 0.6) is 5.75 Å². The summed E-state index contributed by atoms with van der Waals surface area (Å²) in [5.41, 5.74) is 1.12. The number of aromatic amines is 1. The Hall–Kier alpha value is -2.74. The molecule has 1 fully saturated rings. The molecule has 1 saturated heterocycles. The summed E-state index contributed by atoms with van der Waals surface area (Å²) >= 11 is 0. The minimum absolute atomic E-state index is 0.0974. The molecule has 1 N–H and O–H groups in total. The third-order valence-corrected chi connectivity index (χ3v) is 6.63. The maximum absolute atomic E-state index is 13.3. The fraction of sp³-hybridized carbons (Fsp3) is 0.583. The van der Waals surface area contributed by atoms with Crippen LogP contribution in [0.3, 0.4) is 0 Å². The van der Waals surface area contributed by atoms with Crippen molar-refractivity contribution in [3.63, 3.8) is 0 Å². The lowest BCUT2D eigenvalue weighted by atomic mass is 9.99. The SMILES string of the molecule is CCOc1ccc2[nH]c(=O)c([C@@H](c3nnnn3C(C)(C)CC)N3CCCCCC3)cc2c1. The summed E-state index contributed by atoms with van der Waals surface area (Å²) < 4.78 is 7.59. The third-order valence-electron chi connectivity index (χ3n) is 6.63. The quantitative estimate of drug-likeness (QED) is 0.599. The molecular weight excluding hydrogens is 404 g/mol. The van der Waals surface area contributed by atoms with Crippen LogP contribution in [-0.4, -0.2) is 49.8 Å². The second-order valence-electron chi connectivity index (χ2n) is 9.20. The summed E-state index contributed by atoms with van der Waals surface area (Å²) in [4.78, 5) is 18.8. The average molecular weight is 439 g/mol. The van der Waals surface area contributed by atoms with Crippen LogP contribution in [0.15, 0.2) is 29.1 Å². The third kappa shape index (κ3) is 4.41. The number of pyridine rings is 1. The fourth-order valence-electron chi connectivity index (χ4n) is 4.46. The minimum Gasteiger partial charge on any atom is -0.494 e. The molecular formula is C24H34N6O2. The van der Waals surface area contributed by atoms with Crippen LogP contribution in [0.4, 0.5) is 0 Å². The standard InChI is InChI=1S/C24H34N6O2/c1-5-24(3,4)30-22(26-27-28-30)21(29-13-9-7-8-10-14-29)19-16-17-15-18(32-6-2)11-12-20(17)25-23(19)31/h11-12,15-16,21H,5-10,13-14H2,1-4H3,(H,25,31)/t21-/m0/s1. The Bertz CT molecular complexity index is 1110. The van der Waals surface area contributed by atoms with Gasteiger partial charge in [0.05, 0.1) is 12.1 Å². The Morgan fingerprint density at radius 1 is 1.12 bits per heavy atom. The first kappa shape index (κ1) is 22.5. The van der Waals surface area contributed by atoms with Gasteiger partial charge in [-0.25, -0.2) is 4.68 Å². The molecule has 3 aromatic rings. The number of tetrazole rings is 1. The van der Waals surface area contributed by atoms with E-state index in [-0.39, 0.29) is 17.1 Å². The molecule has 172 valence electrons. The Balaban J connectivity index is 1.89. The lowest BCUT2D eigenvalue weighted by Crippen LogP contribution is -2.38. The lowest BCUT2D eigenvalue weighted by molar-refractivity contribution is 0.202. The summed E-state index contributed by atoms with van der Waals surface area (Å²) in [7, 11) is 0. The molecule has 0 spiro atoms. The van der Waals surface area contributed by atoms with Gasteiger partial charge in [-0.3, -0.25) is 9.69 Å². The Morgan fingerprint density at radius 2 is 1.88 bits per heavy atom. The van der Waals surface area contributed by atoms with Crippen LogP contribution in [0.2, 0.25) is 0 Å². The summed E-state index contributed by atoms with van der Waals surface area (Å²) in [6, 6.07) is 7.45. The van der Waals surface area contributed by atoms with Crippen molar-refractivity contribution in [3.8, 4) is 5.75 Å². The topological polar surface area (TPSA) is 88.9 Å². The van der Waals surface area contributed by atoms with Gasteiger partial charge in [0, 0.05) is 16.5 Å². The van der Waals surface area contributed by atoms with Gasteiger partial charge in [0.2, 0.25) is 0 Å². The van der Waals surface area contributed by atoms with Gasteiger partial charge in [-0.05, 0) is 87.8 Å². The number of hydrogen-bond donors (Lipinski definition) is 1. The van der Waals surface area contributed by atoms with Gasteiger partial charge in [0.1, 0.15) is 11.8 Å². The van der Waals surface area contributed by atoms with Gasteiger partial charge in [0.25, 0.3) is 5.56 Å². The first-order valence-electron chi connectivity index (χ1n) is 11.8. The Labute approximate surface area is 189 Å². The van der Waals surface area contributed by atoms with Crippen molar-refractivity contribution in [1.82, 2.24) is 30.1 Å². The van der Waals surface area contributed by atoms with Crippen molar-refractivity contribution in [2.24, 2.45) is 0 Å². The van der Waals surface area contributed by atoms with Gasteiger partial charge in [-0.2, -0.15) is 0 Å². The molecule has 0 unspecified atom stereocenters. The molecule has 0 aliphatic carbocycles. The first-order chi connectivity index (χ1) is 15.4. The first-order valence-corrected chi connectivity index (χ1v) is 11.8. The normalized spacial score (nSPS) is 16.8. The predicted octanol–water partition coefficient (Wildman–Crippen LogP) is 4.02. The minimum atomic E-state index is -0.308. The van der Waals surface area contributed by atoms with Gasteiger partial charge >= 0.3 is 0 Å². The van der Waals surface area contributed by atoms with E-state index in [0.717, 1.165) is 54.8 Å². The van der Waals surface area contributed by atoms with Crippen LogP contribution in [0.25, 0.3) is 10.9 Å². The Morgan fingerprint density at radius 3 is 2.56 bits per heavy atom. The van der Waals surface area contributed by atoms with E-state index in [1.54, 1.807) is 0 Å². The number of benzene rings is 1. The number of aromatic nitrogens is 5. The van der Waals surface area contributed by atoms with Gasteiger partial charge in [0.15, 0.2) is 5.82 Å². The number of ether oxygens (including phenoxy) is 1. The summed E-state index contributed by atoms with van der Waals surface area (Å²) in [5, 5.41) is 13.8. The molecule has 3 heterocycles. The highest BCUT2D eigenvalue weighted by Crippen LogP contribution is 2.32. The van der Waals surface area contributed by atoms with E-state index in [1.807, 2.05) is 35.9 Å². The number of H-pyrrole nitrogens is 1. The number of nitrogens with one attached hydrogen (secondary N) is 1. The molecule has 1 aliphatic heterocycles. The molecule has 8 nitrogen and oxygen atoms in total. The van der Waals surface area contributed by atoms with Gasteiger partial charge in [-0.1, -0.05) is 19.8 Å². The zero-order chi connectivity index (χ0) is 22.7. The number of nitrogens with zero attached hydrogens (tertiary/aromatic N) is 5. The van der Waals surface area contributed by atoms with Crippen LogP contribution < -0.4 is 10.3 Å². The number of likely N-dealkylation sites (tertiary alicyclic amines) is 1. The van der Waals surface area contributed by atoms with Crippen molar-refractivity contribution in [2.45, 2.75) is 71.4 Å². The molecule has 32 heavy (non-hydrogen) atoms. The number of hydrogen-bond acceptors (Lipinski definition) is 6. The van der Waals surface area contributed by atoms with Gasteiger partial charge < -0.3 is 9.72 Å². The van der Waals surface area contributed by atoms with E-state index in [4.69, 9.17) is 4.74 Å². The average Bonchev–Trinajstić information content (AvgIpc) is 3.12. The van der Waals surface area contributed by atoms with Crippen LogP contribution in [0, 0.1) is 0 Å². The highest BCUT2D eigenvalue weighted by molar-refractivity contribution is 5.80. The van der Waals surface area contributed by atoms with Crippen molar-refractivity contribution in [1.29, 1.82) is 0 Å². The second-order valence-corrected chi connectivity index (χ2v) is 9.20. The summed E-state index contributed by atoms with van der Waals surface area (Å²) in [6.45, 7) is 10.8. The highest BCUT2D eigenvalue weighted by atomic mass is 16.5. The van der Waals surface area contributed by atoms with Crippen molar-refractivity contribution < 1.29 is 4.74 Å². The maximum atomic E-state index is 13.3. The zero-order valence-corrected chi connectivity index (χ0v) is 19.6. The van der Waals surface area contributed by atoms with Crippen molar-refractivity contribution in [3.05, 3.63) is 46.0 Å². The Kier molecular flexibility index (Phi) is 6.60.